The van der Waals surface area contributed by atoms with Crippen LogP contribution in [0.4, 0.5) is 17.3 Å². The molecule has 4 rings (SSSR count). The van der Waals surface area contributed by atoms with Crippen LogP contribution in [0, 0.1) is 13.8 Å². The number of hydrogen-bond acceptors (Lipinski definition) is 9. The normalized spacial score (nSPS) is 10.8. The molecule has 1 aromatic carbocycles. The number of nitrogens with two attached hydrogens (primary N) is 1. The van der Waals surface area contributed by atoms with Gasteiger partial charge in [0.05, 0.1) is 24.0 Å². The van der Waals surface area contributed by atoms with Gasteiger partial charge in [-0.1, -0.05) is 21.9 Å². The highest BCUT2D eigenvalue weighted by molar-refractivity contribution is 6.33. The Morgan fingerprint density at radius 2 is 1.90 bits per heavy atom. The van der Waals surface area contributed by atoms with Gasteiger partial charge >= 0.3 is 0 Å². The van der Waals surface area contributed by atoms with E-state index < -0.39 is 5.91 Å². The van der Waals surface area contributed by atoms with E-state index in [1.54, 1.807) is 39.2 Å². The molecule has 2 N–H and O–H groups in total. The number of anilines is 3. The number of hydrogen-bond donors (Lipinski definition) is 1. The number of nitrogens with zero attached hydrogens (tertiary/aromatic N) is 5. The molecule has 0 unspecified atom stereocenters. The molecule has 158 valence electrons. The molecule has 3 aromatic heterocycles. The zero-order valence-electron chi connectivity index (χ0n) is 16.8. The minimum Gasteiger partial charge on any atom is -0.497 e. The Labute approximate surface area is 181 Å². The van der Waals surface area contributed by atoms with Crippen LogP contribution in [0.1, 0.15) is 21.7 Å². The maximum absolute atomic E-state index is 13.3. The molecule has 4 aromatic rings. The third kappa shape index (κ3) is 3.68. The summed E-state index contributed by atoms with van der Waals surface area (Å²) in [7, 11) is 1.54. The number of halogens is 1. The Morgan fingerprint density at radius 1 is 1.16 bits per heavy atom. The molecule has 0 bridgehead atoms. The van der Waals surface area contributed by atoms with Crippen LogP contribution in [0.25, 0.3) is 11.3 Å². The summed E-state index contributed by atoms with van der Waals surface area (Å²) >= 11 is 6.32. The molecule has 0 saturated heterocycles. The quantitative estimate of drug-likeness (QED) is 0.489. The highest BCUT2D eigenvalue weighted by Crippen LogP contribution is 2.35. The molecule has 0 spiro atoms. The summed E-state index contributed by atoms with van der Waals surface area (Å²) in [5.41, 5.74) is 8.64. The highest BCUT2D eigenvalue weighted by atomic mass is 35.5. The van der Waals surface area contributed by atoms with Gasteiger partial charge < -0.3 is 19.5 Å². The van der Waals surface area contributed by atoms with E-state index in [0.29, 0.717) is 39.1 Å². The molecular weight excluding hydrogens is 424 g/mol. The molecule has 11 heteroatoms. The molecule has 0 aliphatic carbocycles. The molecule has 0 saturated carbocycles. The van der Waals surface area contributed by atoms with Gasteiger partial charge in [0.25, 0.3) is 5.91 Å². The number of aromatic nitrogens is 4. The van der Waals surface area contributed by atoms with Gasteiger partial charge in [-0.25, -0.2) is 9.97 Å². The number of nitrogen functional groups attached to an aromatic ring is 1. The number of methoxy groups -OCH3 is 1. The van der Waals surface area contributed by atoms with Gasteiger partial charge in [0.1, 0.15) is 40.9 Å². The van der Waals surface area contributed by atoms with E-state index >= 15 is 0 Å². The van der Waals surface area contributed by atoms with E-state index in [-0.39, 0.29) is 17.2 Å². The Bertz CT molecular complexity index is 1270. The Morgan fingerprint density at radius 3 is 2.52 bits per heavy atom. The summed E-state index contributed by atoms with van der Waals surface area (Å²) in [5, 5.41) is 8.04. The number of ether oxygens (including phenoxy) is 1. The maximum Gasteiger partial charge on any atom is 0.269 e. The number of benzene rings is 1. The van der Waals surface area contributed by atoms with Crippen molar-refractivity contribution >= 4 is 34.8 Å². The second-order valence-electron chi connectivity index (χ2n) is 6.55. The van der Waals surface area contributed by atoms with Crippen LogP contribution in [-0.4, -0.2) is 33.3 Å². The lowest BCUT2D eigenvalue weighted by atomic mass is 10.1. The lowest BCUT2D eigenvalue weighted by Gasteiger charge is -2.20. The molecular formula is C20H17ClN6O4. The summed E-state index contributed by atoms with van der Waals surface area (Å²) < 4.78 is 15.2. The third-order valence-electron chi connectivity index (χ3n) is 4.59. The zero-order valence-corrected chi connectivity index (χ0v) is 17.5. The van der Waals surface area contributed by atoms with Gasteiger partial charge in [-0.15, -0.1) is 0 Å². The average molecular weight is 441 g/mol. The van der Waals surface area contributed by atoms with Gasteiger partial charge in [0, 0.05) is 5.56 Å². The fraction of sp³-hybridized carbons (Fsp3) is 0.150. The van der Waals surface area contributed by atoms with Gasteiger partial charge in [-0.2, -0.15) is 0 Å². The molecule has 31 heavy (non-hydrogen) atoms. The first kappa shape index (κ1) is 20.4. The largest absolute Gasteiger partial charge is 0.497 e. The summed E-state index contributed by atoms with van der Waals surface area (Å²) in [5.74, 6) is 0.370. The molecule has 3 heterocycles. The monoisotopic (exact) mass is 440 g/mol. The minimum atomic E-state index is -0.453. The molecule has 10 nitrogen and oxygen atoms in total. The second-order valence-corrected chi connectivity index (χ2v) is 6.95. The Hall–Kier alpha value is -3.92. The van der Waals surface area contributed by atoms with Gasteiger partial charge in [0.15, 0.2) is 11.6 Å². The Balaban J connectivity index is 1.82. The van der Waals surface area contributed by atoms with E-state index in [9.17, 15) is 4.79 Å². The molecule has 0 aliphatic rings. The number of carbonyl (C=O) groups excluding carboxylic acids is 1. The number of carbonyl (C=O) groups is 1. The van der Waals surface area contributed by atoms with Gasteiger partial charge in [0.2, 0.25) is 0 Å². The summed E-state index contributed by atoms with van der Waals surface area (Å²) in [6, 6.07) is 5.10. The van der Waals surface area contributed by atoms with Crippen LogP contribution >= 0.6 is 11.6 Å². The minimum absolute atomic E-state index is 0.0709. The summed E-state index contributed by atoms with van der Waals surface area (Å²) in [6.07, 6.45) is 4.00. The van der Waals surface area contributed by atoms with E-state index in [1.807, 2.05) is 0 Å². The smallest absolute Gasteiger partial charge is 0.269 e. The molecule has 1 amide bonds. The van der Waals surface area contributed by atoms with Crippen LogP contribution < -0.4 is 15.4 Å². The van der Waals surface area contributed by atoms with E-state index in [0.717, 1.165) is 0 Å². The van der Waals surface area contributed by atoms with Crippen LogP contribution in [0.2, 0.25) is 5.02 Å². The summed E-state index contributed by atoms with van der Waals surface area (Å²) in [6.45, 7) is 3.35. The topological polar surface area (TPSA) is 133 Å². The number of amides is 1. The van der Waals surface area contributed by atoms with Crippen molar-refractivity contribution in [1.82, 2.24) is 20.3 Å². The number of rotatable bonds is 5. The number of aryl methyl sites for hydroxylation is 2. The van der Waals surface area contributed by atoms with Gasteiger partial charge in [-0.3, -0.25) is 9.69 Å². The standard InChI is InChI=1S/C20H17ClN6O4/c1-10-14(8-30-25-10)20(28)27(16-9-31-26-11(16)2)17-7-23-18(19(22)24-17)13-6-12(29-3)4-5-15(13)21/h4-9H,1-3H3,(H2,22,24). The second kappa shape index (κ2) is 8.07. The van der Waals surface area contributed by atoms with Gasteiger partial charge in [-0.05, 0) is 32.0 Å². The van der Waals surface area contributed by atoms with Crippen LogP contribution in [0.15, 0.2) is 46.0 Å². The molecule has 0 radical (unpaired) electrons. The predicted molar refractivity (Wildman–Crippen MR) is 112 cm³/mol. The summed E-state index contributed by atoms with van der Waals surface area (Å²) in [4.78, 5) is 23.4. The highest BCUT2D eigenvalue weighted by Gasteiger charge is 2.28. The molecule has 0 aliphatic heterocycles. The fourth-order valence-electron chi connectivity index (χ4n) is 2.98. The average Bonchev–Trinajstić information content (AvgIpc) is 3.37. The lowest BCUT2D eigenvalue weighted by Crippen LogP contribution is -2.28. The first-order chi connectivity index (χ1) is 14.9. The lowest BCUT2D eigenvalue weighted by molar-refractivity contribution is 0.0997. The molecule has 0 atom stereocenters. The Kier molecular flexibility index (Phi) is 5.30. The first-order valence-corrected chi connectivity index (χ1v) is 9.41. The SMILES string of the molecule is COc1ccc(Cl)c(-c2ncc(N(C(=O)c3conc3C)c3conc3C)nc2N)c1. The van der Waals surface area contributed by atoms with Crippen molar-refractivity contribution in [2.75, 3.05) is 17.7 Å². The maximum atomic E-state index is 13.3. The fourth-order valence-corrected chi connectivity index (χ4v) is 3.19. The van der Waals surface area contributed by atoms with Crippen molar-refractivity contribution in [3.8, 4) is 17.0 Å². The van der Waals surface area contributed by atoms with Crippen LogP contribution in [-0.2, 0) is 0 Å². The predicted octanol–water partition coefficient (Wildman–Crippen LogP) is 3.96. The van der Waals surface area contributed by atoms with E-state index in [1.165, 1.54) is 23.6 Å². The third-order valence-corrected chi connectivity index (χ3v) is 4.92. The van der Waals surface area contributed by atoms with Crippen LogP contribution in [0.3, 0.4) is 0 Å². The van der Waals surface area contributed by atoms with Crippen LogP contribution in [0.5, 0.6) is 5.75 Å². The van der Waals surface area contributed by atoms with E-state index in [4.69, 9.17) is 31.1 Å². The van der Waals surface area contributed by atoms with Crippen molar-refractivity contribution in [2.24, 2.45) is 0 Å². The van der Waals surface area contributed by atoms with Crippen molar-refractivity contribution in [1.29, 1.82) is 0 Å². The molecule has 0 fully saturated rings. The van der Waals surface area contributed by atoms with Crippen molar-refractivity contribution in [3.63, 3.8) is 0 Å². The zero-order chi connectivity index (χ0) is 22.1. The first-order valence-electron chi connectivity index (χ1n) is 9.03. The van der Waals surface area contributed by atoms with E-state index in [2.05, 4.69) is 20.3 Å². The van der Waals surface area contributed by atoms with Crippen molar-refractivity contribution in [3.05, 3.63) is 58.9 Å². The van der Waals surface area contributed by atoms with Crippen molar-refractivity contribution in [2.45, 2.75) is 13.8 Å². The van der Waals surface area contributed by atoms with Crippen molar-refractivity contribution < 1.29 is 18.6 Å².